The molecule has 0 bridgehead atoms. The fraction of sp³-hybridized carbons (Fsp3) is 0.650. The molecule has 1 aliphatic heterocycles. The van der Waals surface area contributed by atoms with Crippen molar-refractivity contribution in [3.05, 3.63) is 29.8 Å². The number of rotatable bonds is 5. The monoisotopic (exact) mass is 366 g/mol. The second-order valence-corrected chi connectivity index (χ2v) is 7.44. The Hall–Kier alpha value is -1.26. The molecule has 0 spiro atoms. The molecule has 1 aromatic rings. The molecule has 1 saturated carbocycles. The molecule has 0 unspecified atom stereocenters. The predicted molar refractivity (Wildman–Crippen MR) is 103 cm³/mol. The van der Waals surface area contributed by atoms with Crippen molar-refractivity contribution in [3.8, 4) is 5.75 Å². The Balaban J connectivity index is 0.00000225. The minimum atomic E-state index is 0. The third-order valence-electron chi connectivity index (χ3n) is 5.81. The number of amides is 1. The zero-order chi connectivity index (χ0) is 16.9. The second kappa shape index (κ2) is 9.44. The van der Waals surface area contributed by atoms with E-state index in [1.807, 2.05) is 12.1 Å². The summed E-state index contributed by atoms with van der Waals surface area (Å²) in [5.74, 6) is 2.32. The molecule has 0 aromatic heterocycles. The lowest BCUT2D eigenvalue weighted by molar-refractivity contribution is -0.133. The zero-order valence-corrected chi connectivity index (χ0v) is 16.0. The van der Waals surface area contributed by atoms with E-state index in [0.29, 0.717) is 24.2 Å². The summed E-state index contributed by atoms with van der Waals surface area (Å²) in [7, 11) is 1.69. The quantitative estimate of drug-likeness (QED) is 0.868. The van der Waals surface area contributed by atoms with Crippen LogP contribution in [0.1, 0.15) is 44.1 Å². The molecule has 4 nitrogen and oxygen atoms in total. The Bertz CT molecular complexity index is 541. The van der Waals surface area contributed by atoms with E-state index in [0.717, 1.165) is 50.9 Å². The maximum Gasteiger partial charge on any atom is 0.222 e. The molecular weight excluding hydrogens is 336 g/mol. The fourth-order valence-corrected chi connectivity index (χ4v) is 4.15. The summed E-state index contributed by atoms with van der Waals surface area (Å²) < 4.78 is 5.21. The number of methoxy groups -OCH3 is 1. The van der Waals surface area contributed by atoms with E-state index in [1.165, 1.54) is 12.0 Å². The van der Waals surface area contributed by atoms with Crippen LogP contribution in [-0.4, -0.2) is 37.0 Å². The van der Waals surface area contributed by atoms with Gasteiger partial charge in [-0.25, -0.2) is 0 Å². The number of hydrogen-bond donors (Lipinski definition) is 1. The lowest BCUT2D eigenvalue weighted by Crippen LogP contribution is -2.40. The topological polar surface area (TPSA) is 55.6 Å². The highest BCUT2D eigenvalue weighted by atomic mass is 35.5. The summed E-state index contributed by atoms with van der Waals surface area (Å²) in [6.07, 6.45) is 7.36. The minimum Gasteiger partial charge on any atom is -0.497 e. The van der Waals surface area contributed by atoms with Gasteiger partial charge in [0.05, 0.1) is 7.11 Å². The number of piperidine rings is 1. The van der Waals surface area contributed by atoms with Gasteiger partial charge < -0.3 is 15.4 Å². The molecule has 1 aromatic carbocycles. The molecule has 2 atom stereocenters. The maximum atomic E-state index is 12.5. The van der Waals surface area contributed by atoms with Gasteiger partial charge in [-0.3, -0.25) is 4.79 Å². The first kappa shape index (κ1) is 20.1. The van der Waals surface area contributed by atoms with Gasteiger partial charge in [-0.1, -0.05) is 18.6 Å². The van der Waals surface area contributed by atoms with Gasteiger partial charge in [-0.05, 0) is 61.6 Å². The van der Waals surface area contributed by atoms with Gasteiger partial charge in [-0.15, -0.1) is 12.4 Å². The molecule has 5 heteroatoms. The Morgan fingerprint density at radius 3 is 2.40 bits per heavy atom. The maximum absolute atomic E-state index is 12.5. The molecular formula is C20H31ClN2O2. The van der Waals surface area contributed by atoms with E-state index in [9.17, 15) is 4.79 Å². The van der Waals surface area contributed by atoms with Crippen molar-refractivity contribution < 1.29 is 9.53 Å². The SMILES string of the molecule is COc1ccc(CC2CCN(C(=O)C[C@@H]3CCC[C@H]3N)CC2)cc1.Cl. The van der Waals surface area contributed by atoms with Crippen molar-refractivity contribution >= 4 is 18.3 Å². The predicted octanol–water partition coefficient (Wildman–Crippen LogP) is 3.42. The summed E-state index contributed by atoms with van der Waals surface area (Å²) in [4.78, 5) is 14.6. The van der Waals surface area contributed by atoms with Crippen molar-refractivity contribution in [3.63, 3.8) is 0 Å². The van der Waals surface area contributed by atoms with Crippen molar-refractivity contribution in [2.45, 2.75) is 51.0 Å². The highest BCUT2D eigenvalue weighted by Gasteiger charge is 2.29. The number of carbonyl (C=O) groups is 1. The number of benzene rings is 1. The number of nitrogens with two attached hydrogens (primary N) is 1. The van der Waals surface area contributed by atoms with Gasteiger partial charge in [0.1, 0.15) is 5.75 Å². The molecule has 0 radical (unpaired) electrons. The minimum absolute atomic E-state index is 0. The third kappa shape index (κ3) is 5.35. The molecule has 25 heavy (non-hydrogen) atoms. The highest BCUT2D eigenvalue weighted by Crippen LogP contribution is 2.29. The molecule has 1 aliphatic carbocycles. The van der Waals surface area contributed by atoms with Crippen LogP contribution in [0.15, 0.2) is 24.3 Å². The van der Waals surface area contributed by atoms with Gasteiger partial charge in [0.25, 0.3) is 0 Å². The summed E-state index contributed by atoms with van der Waals surface area (Å²) in [6.45, 7) is 1.81. The van der Waals surface area contributed by atoms with E-state index in [1.54, 1.807) is 7.11 Å². The van der Waals surface area contributed by atoms with Crippen LogP contribution in [0.4, 0.5) is 0 Å². The van der Waals surface area contributed by atoms with E-state index in [2.05, 4.69) is 17.0 Å². The van der Waals surface area contributed by atoms with Gasteiger partial charge in [0.15, 0.2) is 0 Å². The third-order valence-corrected chi connectivity index (χ3v) is 5.81. The molecule has 140 valence electrons. The van der Waals surface area contributed by atoms with Crippen LogP contribution in [0.25, 0.3) is 0 Å². The Morgan fingerprint density at radius 2 is 1.84 bits per heavy atom. The van der Waals surface area contributed by atoms with Crippen LogP contribution >= 0.6 is 12.4 Å². The van der Waals surface area contributed by atoms with Gasteiger partial charge in [0, 0.05) is 25.6 Å². The Morgan fingerprint density at radius 1 is 1.16 bits per heavy atom. The molecule has 2 N–H and O–H groups in total. The normalized spacial score (nSPS) is 24.0. The summed E-state index contributed by atoms with van der Waals surface area (Å²) >= 11 is 0. The number of ether oxygens (including phenoxy) is 1. The zero-order valence-electron chi connectivity index (χ0n) is 15.2. The van der Waals surface area contributed by atoms with Crippen molar-refractivity contribution in [2.75, 3.05) is 20.2 Å². The number of carbonyl (C=O) groups excluding carboxylic acids is 1. The van der Waals surface area contributed by atoms with Gasteiger partial charge >= 0.3 is 0 Å². The summed E-state index contributed by atoms with van der Waals surface area (Å²) in [5.41, 5.74) is 7.46. The van der Waals surface area contributed by atoms with Crippen LogP contribution in [0.2, 0.25) is 0 Å². The Kier molecular flexibility index (Phi) is 7.57. The number of likely N-dealkylation sites (tertiary alicyclic amines) is 1. The van der Waals surface area contributed by atoms with Crippen LogP contribution < -0.4 is 10.5 Å². The summed E-state index contributed by atoms with van der Waals surface area (Å²) in [6, 6.07) is 8.59. The molecule has 2 fully saturated rings. The van der Waals surface area contributed by atoms with Crippen LogP contribution in [0.5, 0.6) is 5.75 Å². The largest absolute Gasteiger partial charge is 0.497 e. The first-order chi connectivity index (χ1) is 11.7. The fourth-order valence-electron chi connectivity index (χ4n) is 4.15. The number of halogens is 1. The van der Waals surface area contributed by atoms with Gasteiger partial charge in [-0.2, -0.15) is 0 Å². The van der Waals surface area contributed by atoms with E-state index in [4.69, 9.17) is 10.5 Å². The van der Waals surface area contributed by atoms with E-state index >= 15 is 0 Å². The molecule has 1 saturated heterocycles. The molecule has 1 heterocycles. The van der Waals surface area contributed by atoms with Crippen LogP contribution in [0.3, 0.4) is 0 Å². The van der Waals surface area contributed by atoms with E-state index < -0.39 is 0 Å². The standard InChI is InChI=1S/C20H30N2O2.ClH/c1-24-18-7-5-15(6-8-18)13-16-9-11-22(12-10-16)20(23)14-17-3-2-4-19(17)21;/h5-8,16-17,19H,2-4,9-14,21H2,1H3;1H/t17-,19+;/m0./s1. The highest BCUT2D eigenvalue weighted by molar-refractivity contribution is 5.85. The van der Waals surface area contributed by atoms with Gasteiger partial charge in [0.2, 0.25) is 5.91 Å². The molecule has 3 rings (SSSR count). The smallest absolute Gasteiger partial charge is 0.222 e. The molecule has 2 aliphatic rings. The average molecular weight is 367 g/mol. The first-order valence-electron chi connectivity index (χ1n) is 9.32. The van der Waals surface area contributed by atoms with Crippen LogP contribution in [-0.2, 0) is 11.2 Å². The van der Waals surface area contributed by atoms with E-state index in [-0.39, 0.29) is 18.4 Å². The Labute approximate surface area is 157 Å². The average Bonchev–Trinajstić information content (AvgIpc) is 3.01. The lowest BCUT2D eigenvalue weighted by atomic mass is 9.89. The molecule has 1 amide bonds. The number of nitrogens with zero attached hydrogens (tertiary/aromatic N) is 1. The van der Waals surface area contributed by atoms with Crippen molar-refractivity contribution in [2.24, 2.45) is 17.6 Å². The first-order valence-corrected chi connectivity index (χ1v) is 9.32. The van der Waals surface area contributed by atoms with Crippen molar-refractivity contribution in [1.29, 1.82) is 0 Å². The lowest BCUT2D eigenvalue weighted by Gasteiger charge is -2.33. The van der Waals surface area contributed by atoms with Crippen LogP contribution in [0, 0.1) is 11.8 Å². The summed E-state index contributed by atoms with van der Waals surface area (Å²) in [5, 5.41) is 0. The second-order valence-electron chi connectivity index (χ2n) is 7.44. The number of hydrogen-bond acceptors (Lipinski definition) is 3. The van der Waals surface area contributed by atoms with Crippen molar-refractivity contribution in [1.82, 2.24) is 4.90 Å².